The average Bonchev–Trinajstić information content (AvgIpc) is 2.68. The van der Waals surface area contributed by atoms with Gasteiger partial charge in [0.25, 0.3) is 5.91 Å². The lowest BCUT2D eigenvalue weighted by molar-refractivity contribution is -0.144. The summed E-state index contributed by atoms with van der Waals surface area (Å²) in [5, 5.41) is 12.3. The van der Waals surface area contributed by atoms with E-state index in [1.54, 1.807) is 25.3 Å². The molecule has 0 radical (unpaired) electrons. The highest BCUT2D eigenvalue weighted by Crippen LogP contribution is 2.27. The third-order valence-corrected chi connectivity index (χ3v) is 5.02. The van der Waals surface area contributed by atoms with E-state index in [4.69, 9.17) is 14.2 Å². The van der Waals surface area contributed by atoms with Crippen LogP contribution in [0.3, 0.4) is 0 Å². The summed E-state index contributed by atoms with van der Waals surface area (Å²) < 4.78 is 16.3. The average molecular weight is 393 g/mol. The number of benzene rings is 1. The van der Waals surface area contributed by atoms with Crippen LogP contribution in [0.15, 0.2) is 18.2 Å². The van der Waals surface area contributed by atoms with Crippen LogP contribution in [0.25, 0.3) is 0 Å². The van der Waals surface area contributed by atoms with Gasteiger partial charge >= 0.3 is 5.97 Å². The van der Waals surface area contributed by atoms with Gasteiger partial charge in [-0.15, -0.1) is 0 Å². The lowest BCUT2D eigenvalue weighted by Crippen LogP contribution is -2.39. The Balaban J connectivity index is 2.05. The molecule has 1 amide bonds. The van der Waals surface area contributed by atoms with E-state index in [9.17, 15) is 14.7 Å². The predicted octanol–water partition coefficient (Wildman–Crippen LogP) is 2.98. The van der Waals surface area contributed by atoms with Gasteiger partial charge in [0.2, 0.25) is 0 Å². The lowest BCUT2D eigenvalue weighted by atomic mass is 9.86. The van der Waals surface area contributed by atoms with Crippen molar-refractivity contribution in [2.24, 2.45) is 17.8 Å². The van der Waals surface area contributed by atoms with Crippen LogP contribution >= 0.6 is 0 Å². The smallest absolute Gasteiger partial charge is 0.308 e. The van der Waals surface area contributed by atoms with Crippen LogP contribution in [0, 0.1) is 17.8 Å². The number of carboxylic acid groups (broad SMARTS) is 1. The number of hydrogen-bond donors (Lipinski definition) is 2. The van der Waals surface area contributed by atoms with Gasteiger partial charge < -0.3 is 24.6 Å². The van der Waals surface area contributed by atoms with Crippen LogP contribution in [-0.2, 0) is 9.53 Å². The Labute approximate surface area is 166 Å². The first-order chi connectivity index (χ1) is 13.4. The molecular weight excluding hydrogens is 362 g/mol. The van der Waals surface area contributed by atoms with Crippen LogP contribution in [0.5, 0.6) is 11.5 Å². The highest BCUT2D eigenvalue weighted by Gasteiger charge is 2.30. The standard InChI is InChI=1S/C21H31NO6/c1-14(2)6-11-28-19-12-16(26-3)4-5-17(19)20(23)22-13-18(21(24)25)15-7-9-27-10-8-15/h4-5,12,14-15,18H,6-11,13H2,1-3H3,(H,22,23)(H,24,25). The van der Waals surface area contributed by atoms with Gasteiger partial charge in [-0.25, -0.2) is 0 Å². The summed E-state index contributed by atoms with van der Waals surface area (Å²) in [4.78, 5) is 24.4. The number of carbonyl (C=O) groups is 2. The van der Waals surface area contributed by atoms with Gasteiger partial charge in [-0.05, 0) is 43.2 Å². The van der Waals surface area contributed by atoms with Crippen molar-refractivity contribution in [1.29, 1.82) is 0 Å². The Kier molecular flexibility index (Phi) is 8.57. The molecular formula is C21H31NO6. The minimum absolute atomic E-state index is 0.00387. The van der Waals surface area contributed by atoms with Crippen LogP contribution in [-0.4, -0.2) is 50.5 Å². The first-order valence-corrected chi connectivity index (χ1v) is 9.82. The van der Waals surface area contributed by atoms with Crippen molar-refractivity contribution >= 4 is 11.9 Å². The maximum Gasteiger partial charge on any atom is 0.308 e. The SMILES string of the molecule is COc1ccc(C(=O)NCC(C(=O)O)C2CCOCC2)c(OCCC(C)C)c1. The van der Waals surface area contributed by atoms with Crippen molar-refractivity contribution in [2.45, 2.75) is 33.1 Å². The van der Waals surface area contributed by atoms with Gasteiger partial charge in [-0.1, -0.05) is 13.8 Å². The Bertz CT molecular complexity index is 654. The number of aliphatic carboxylic acids is 1. The number of methoxy groups -OCH3 is 1. The number of nitrogens with one attached hydrogen (secondary N) is 1. The van der Waals surface area contributed by atoms with E-state index < -0.39 is 11.9 Å². The summed E-state index contributed by atoms with van der Waals surface area (Å²) in [5.41, 5.74) is 0.376. The van der Waals surface area contributed by atoms with E-state index in [2.05, 4.69) is 19.2 Å². The molecule has 156 valence electrons. The molecule has 2 N–H and O–H groups in total. The zero-order valence-electron chi connectivity index (χ0n) is 16.9. The molecule has 1 heterocycles. The van der Waals surface area contributed by atoms with E-state index >= 15 is 0 Å². The minimum atomic E-state index is -0.893. The Morgan fingerprint density at radius 2 is 2.00 bits per heavy atom. The second kappa shape index (κ2) is 10.9. The van der Waals surface area contributed by atoms with Crippen molar-refractivity contribution in [3.8, 4) is 11.5 Å². The molecule has 0 spiro atoms. The van der Waals surface area contributed by atoms with Gasteiger partial charge in [0, 0.05) is 25.8 Å². The summed E-state index contributed by atoms with van der Waals surface area (Å²) in [6, 6.07) is 5.02. The van der Waals surface area contributed by atoms with Crippen molar-refractivity contribution < 1.29 is 28.9 Å². The van der Waals surface area contributed by atoms with E-state index in [0.29, 0.717) is 55.6 Å². The summed E-state index contributed by atoms with van der Waals surface area (Å²) in [6.45, 7) is 5.90. The van der Waals surface area contributed by atoms with Crippen LogP contribution in [0.4, 0.5) is 0 Å². The van der Waals surface area contributed by atoms with Gasteiger partial charge in [0.05, 0.1) is 25.2 Å². The minimum Gasteiger partial charge on any atom is -0.497 e. The molecule has 1 fully saturated rings. The molecule has 1 aliphatic rings. The molecule has 7 heteroatoms. The fourth-order valence-electron chi connectivity index (χ4n) is 3.21. The van der Waals surface area contributed by atoms with Crippen molar-refractivity contribution in [3.63, 3.8) is 0 Å². The van der Waals surface area contributed by atoms with E-state index in [1.807, 2.05) is 0 Å². The number of carbonyl (C=O) groups excluding carboxylic acids is 1. The summed E-state index contributed by atoms with van der Waals surface area (Å²) in [5.74, 6) is -0.340. The maximum atomic E-state index is 12.7. The fraction of sp³-hybridized carbons (Fsp3) is 0.619. The molecule has 1 aromatic rings. The van der Waals surface area contributed by atoms with Crippen LogP contribution in [0.1, 0.15) is 43.5 Å². The van der Waals surface area contributed by atoms with E-state index in [-0.39, 0.29) is 18.4 Å². The third-order valence-electron chi connectivity index (χ3n) is 5.02. The fourth-order valence-corrected chi connectivity index (χ4v) is 3.21. The molecule has 0 saturated carbocycles. The Morgan fingerprint density at radius 3 is 2.61 bits per heavy atom. The highest BCUT2D eigenvalue weighted by atomic mass is 16.5. The molecule has 7 nitrogen and oxygen atoms in total. The van der Waals surface area contributed by atoms with Crippen LogP contribution in [0.2, 0.25) is 0 Å². The molecule has 1 atom stereocenters. The second-order valence-corrected chi connectivity index (χ2v) is 7.50. The molecule has 0 bridgehead atoms. The number of ether oxygens (including phenoxy) is 3. The lowest BCUT2D eigenvalue weighted by Gasteiger charge is -2.27. The van der Waals surface area contributed by atoms with Crippen molar-refractivity contribution in [1.82, 2.24) is 5.32 Å². The predicted molar refractivity (Wildman–Crippen MR) is 105 cm³/mol. The third kappa shape index (κ3) is 6.41. The molecule has 0 aliphatic carbocycles. The highest BCUT2D eigenvalue weighted by molar-refractivity contribution is 5.97. The molecule has 1 saturated heterocycles. The monoisotopic (exact) mass is 393 g/mol. The normalized spacial score (nSPS) is 15.9. The topological polar surface area (TPSA) is 94.1 Å². The number of amides is 1. The summed E-state index contributed by atoms with van der Waals surface area (Å²) in [6.07, 6.45) is 2.25. The van der Waals surface area contributed by atoms with Crippen molar-refractivity contribution in [3.05, 3.63) is 23.8 Å². The number of carboxylic acids is 1. The van der Waals surface area contributed by atoms with Crippen molar-refractivity contribution in [2.75, 3.05) is 33.5 Å². The second-order valence-electron chi connectivity index (χ2n) is 7.50. The largest absolute Gasteiger partial charge is 0.497 e. The molecule has 0 aromatic heterocycles. The number of rotatable bonds is 10. The molecule has 1 aliphatic heterocycles. The van der Waals surface area contributed by atoms with Gasteiger partial charge in [0.1, 0.15) is 11.5 Å². The first kappa shape index (κ1) is 22.0. The summed E-state index contributed by atoms with van der Waals surface area (Å²) in [7, 11) is 1.55. The maximum absolute atomic E-state index is 12.7. The van der Waals surface area contributed by atoms with E-state index in [0.717, 1.165) is 6.42 Å². The van der Waals surface area contributed by atoms with Gasteiger partial charge in [-0.2, -0.15) is 0 Å². The zero-order chi connectivity index (χ0) is 20.5. The van der Waals surface area contributed by atoms with Gasteiger partial charge in [0.15, 0.2) is 0 Å². The van der Waals surface area contributed by atoms with Gasteiger partial charge in [-0.3, -0.25) is 9.59 Å². The Hall–Kier alpha value is -2.28. The molecule has 28 heavy (non-hydrogen) atoms. The first-order valence-electron chi connectivity index (χ1n) is 9.82. The molecule has 1 aromatic carbocycles. The zero-order valence-corrected chi connectivity index (χ0v) is 16.9. The molecule has 2 rings (SSSR count). The van der Waals surface area contributed by atoms with Crippen LogP contribution < -0.4 is 14.8 Å². The quantitative estimate of drug-likeness (QED) is 0.635. The van der Waals surface area contributed by atoms with E-state index in [1.165, 1.54) is 0 Å². The molecule has 1 unspecified atom stereocenters. The Morgan fingerprint density at radius 1 is 1.29 bits per heavy atom. The number of hydrogen-bond acceptors (Lipinski definition) is 5. The summed E-state index contributed by atoms with van der Waals surface area (Å²) >= 11 is 0.